The summed E-state index contributed by atoms with van der Waals surface area (Å²) in [7, 11) is 3.29. The van der Waals surface area contributed by atoms with E-state index >= 15 is 0 Å². The molecule has 0 radical (unpaired) electrons. The third-order valence-corrected chi connectivity index (χ3v) is 11.8. The number of piperazine rings is 1. The number of ether oxygens (including phenoxy) is 2. The smallest absolute Gasteiger partial charge is 0.291 e. The lowest BCUT2D eigenvalue weighted by molar-refractivity contribution is -0.121. The minimum Gasteiger partial charge on any atom is -0.489 e. The number of aromatic nitrogens is 6. The molecule has 4 aromatic carbocycles. The van der Waals surface area contributed by atoms with Crippen molar-refractivity contribution >= 4 is 35.0 Å². The highest BCUT2D eigenvalue weighted by atomic mass is 16.5. The first-order chi connectivity index (χ1) is 33.1. The van der Waals surface area contributed by atoms with Gasteiger partial charge < -0.3 is 29.9 Å². The molecule has 18 heteroatoms. The molecule has 4 amide bonds. The van der Waals surface area contributed by atoms with Gasteiger partial charge in [0.25, 0.3) is 23.6 Å². The normalized spacial score (nSPS) is 17.1. The average molecular weight is 913 g/mol. The van der Waals surface area contributed by atoms with Crippen LogP contribution in [0.15, 0.2) is 97.1 Å². The SMILES string of the molecule is CN1C(=O)[C@@H](NC(=O)c2n[nH]c(Cc3ccccc3)n2)COc2ccc(C#CCN3CCN(CC#Cc4ccc5c(c4)N(C)C(=O)[C@@H](NC(=O)c4n[nH]c(Cc6ccccc6)n4)CO5)CC3)cc21. The van der Waals surface area contributed by atoms with Crippen molar-refractivity contribution in [3.63, 3.8) is 0 Å². The van der Waals surface area contributed by atoms with E-state index in [0.717, 1.165) is 48.4 Å². The third kappa shape index (κ3) is 10.7. The molecule has 4 N–H and O–H groups in total. The number of nitrogens with one attached hydrogen (secondary N) is 4. The molecule has 2 aromatic heterocycles. The number of rotatable bonds is 10. The van der Waals surface area contributed by atoms with E-state index in [2.05, 4.69) is 74.5 Å². The van der Waals surface area contributed by atoms with Crippen LogP contribution in [0.2, 0.25) is 0 Å². The fourth-order valence-corrected chi connectivity index (χ4v) is 7.95. The first-order valence-corrected chi connectivity index (χ1v) is 22.2. The van der Waals surface area contributed by atoms with Crippen LogP contribution in [0, 0.1) is 23.7 Å². The zero-order chi connectivity index (χ0) is 47.0. The molecular weight excluding hydrogens is 865 g/mol. The molecule has 0 aliphatic carbocycles. The standard InChI is InChI=1S/C50H48N12O6/c1-59-39-27-35(17-19-41(39)67-31-37(49(59)65)51-47(63)45-53-43(55-57-45)29-33-11-5-3-6-12-33)15-9-21-61-23-25-62(26-24-61)22-10-16-36-18-20-42-40(28-36)60(2)50(66)38(32-68-42)52-48(64)46-54-44(56-58-46)30-34-13-7-4-8-14-34/h3-8,11-14,17-20,27-28,37-38H,21-26,29-32H2,1-2H3,(H,51,63)(H,52,64)(H,53,55,57)(H,54,56,58)/t37-,38-/m0/s1. The molecule has 6 aromatic rings. The van der Waals surface area contributed by atoms with Crippen LogP contribution in [0.4, 0.5) is 11.4 Å². The van der Waals surface area contributed by atoms with E-state index in [1.54, 1.807) is 26.2 Å². The minimum atomic E-state index is -0.947. The zero-order valence-corrected chi connectivity index (χ0v) is 37.5. The van der Waals surface area contributed by atoms with Crippen LogP contribution < -0.4 is 29.9 Å². The topological polar surface area (TPSA) is 207 Å². The Morgan fingerprint density at radius 3 is 1.44 bits per heavy atom. The molecule has 0 bridgehead atoms. The molecule has 0 spiro atoms. The Bertz CT molecular complexity index is 2740. The number of nitrogens with zero attached hydrogens (tertiary/aromatic N) is 8. The number of amides is 4. The molecule has 2 atom stereocenters. The Balaban J connectivity index is 0.723. The number of H-pyrrole nitrogens is 2. The molecule has 344 valence electrons. The maximum Gasteiger partial charge on any atom is 0.291 e. The lowest BCUT2D eigenvalue weighted by atomic mass is 10.1. The van der Waals surface area contributed by atoms with Crippen LogP contribution >= 0.6 is 0 Å². The fraction of sp³-hybridized carbons (Fsp3) is 0.280. The predicted molar refractivity (Wildman–Crippen MR) is 251 cm³/mol. The summed E-state index contributed by atoms with van der Waals surface area (Å²) < 4.78 is 12.0. The van der Waals surface area contributed by atoms with Crippen LogP contribution in [-0.2, 0) is 22.4 Å². The Kier molecular flexibility index (Phi) is 13.5. The molecule has 5 heterocycles. The summed E-state index contributed by atoms with van der Waals surface area (Å²) >= 11 is 0. The van der Waals surface area contributed by atoms with E-state index in [1.165, 1.54) is 9.80 Å². The van der Waals surface area contributed by atoms with Crippen molar-refractivity contribution in [3.05, 3.63) is 143 Å². The van der Waals surface area contributed by atoms with E-state index < -0.39 is 23.9 Å². The molecule has 1 fully saturated rings. The highest BCUT2D eigenvalue weighted by Crippen LogP contribution is 2.33. The first-order valence-electron chi connectivity index (χ1n) is 22.2. The van der Waals surface area contributed by atoms with Gasteiger partial charge in [-0.15, -0.1) is 10.2 Å². The largest absolute Gasteiger partial charge is 0.489 e. The van der Waals surface area contributed by atoms with Gasteiger partial charge in [-0.05, 0) is 47.5 Å². The van der Waals surface area contributed by atoms with E-state index in [1.807, 2.05) is 84.9 Å². The maximum absolute atomic E-state index is 13.5. The highest BCUT2D eigenvalue weighted by Gasteiger charge is 2.33. The molecule has 18 nitrogen and oxygen atoms in total. The summed E-state index contributed by atoms with van der Waals surface area (Å²) in [5.41, 5.74) is 4.63. The van der Waals surface area contributed by atoms with Crippen LogP contribution in [0.1, 0.15) is 55.1 Å². The summed E-state index contributed by atoms with van der Waals surface area (Å²) in [5, 5.41) is 19.2. The molecular formula is C50H48N12O6. The van der Waals surface area contributed by atoms with Gasteiger partial charge in [0, 0.05) is 64.2 Å². The van der Waals surface area contributed by atoms with Crippen LogP contribution in [0.5, 0.6) is 11.5 Å². The van der Waals surface area contributed by atoms with Gasteiger partial charge in [-0.2, -0.15) is 0 Å². The number of anilines is 2. The van der Waals surface area contributed by atoms with Gasteiger partial charge in [-0.3, -0.25) is 39.2 Å². The number of likely N-dealkylation sites (N-methyl/N-ethyl adjacent to an activating group) is 2. The Labute approximate surface area is 392 Å². The van der Waals surface area contributed by atoms with E-state index in [0.29, 0.717) is 60.5 Å². The van der Waals surface area contributed by atoms with Crippen molar-refractivity contribution in [2.24, 2.45) is 0 Å². The lowest BCUT2D eigenvalue weighted by Gasteiger charge is -2.32. The predicted octanol–water partition coefficient (Wildman–Crippen LogP) is 2.43. The summed E-state index contributed by atoms with van der Waals surface area (Å²) in [5.74, 6) is 13.2. The second-order valence-corrected chi connectivity index (χ2v) is 16.5. The molecule has 9 rings (SSSR count). The molecule has 1 saturated heterocycles. The Morgan fingerprint density at radius 2 is 1.03 bits per heavy atom. The number of carbonyl (C=O) groups excluding carboxylic acids is 4. The van der Waals surface area contributed by atoms with Crippen molar-refractivity contribution in [2.45, 2.75) is 24.9 Å². The van der Waals surface area contributed by atoms with Gasteiger partial charge in [0.1, 0.15) is 48.4 Å². The molecule has 3 aliphatic rings. The van der Waals surface area contributed by atoms with Crippen LogP contribution in [-0.4, -0.2) is 142 Å². The third-order valence-electron chi connectivity index (χ3n) is 11.8. The van der Waals surface area contributed by atoms with Crippen LogP contribution in [0.25, 0.3) is 0 Å². The van der Waals surface area contributed by atoms with Crippen LogP contribution in [0.3, 0.4) is 0 Å². The van der Waals surface area contributed by atoms with Gasteiger partial charge in [0.2, 0.25) is 11.6 Å². The molecule has 0 saturated carbocycles. The number of hydrogen-bond donors (Lipinski definition) is 4. The number of aromatic amines is 2. The molecule has 68 heavy (non-hydrogen) atoms. The number of benzene rings is 4. The van der Waals surface area contributed by atoms with E-state index in [-0.39, 0.29) is 36.7 Å². The summed E-state index contributed by atoms with van der Waals surface area (Å²) in [6.07, 6.45) is 0.976. The van der Waals surface area contributed by atoms with E-state index in [4.69, 9.17) is 9.47 Å². The minimum absolute atomic E-state index is 0.0525. The fourth-order valence-electron chi connectivity index (χ4n) is 7.95. The van der Waals surface area contributed by atoms with Gasteiger partial charge in [-0.25, -0.2) is 9.97 Å². The maximum atomic E-state index is 13.5. The van der Waals surface area contributed by atoms with Crippen molar-refractivity contribution in [2.75, 3.05) is 76.4 Å². The number of carbonyl (C=O) groups is 4. The van der Waals surface area contributed by atoms with Crippen molar-refractivity contribution in [3.8, 4) is 35.2 Å². The van der Waals surface area contributed by atoms with Crippen molar-refractivity contribution < 1.29 is 28.7 Å². The first kappa shape index (κ1) is 44.9. The van der Waals surface area contributed by atoms with Crippen molar-refractivity contribution in [1.29, 1.82) is 0 Å². The quantitative estimate of drug-likeness (QED) is 0.146. The van der Waals surface area contributed by atoms with Gasteiger partial charge in [0.15, 0.2) is 0 Å². The van der Waals surface area contributed by atoms with Crippen molar-refractivity contribution in [1.82, 2.24) is 50.8 Å². The second-order valence-electron chi connectivity index (χ2n) is 16.5. The number of fused-ring (bicyclic) bond motifs is 2. The van der Waals surface area contributed by atoms with Gasteiger partial charge in [-0.1, -0.05) is 84.3 Å². The van der Waals surface area contributed by atoms with Gasteiger partial charge in [0.05, 0.1) is 24.5 Å². The summed E-state index contributed by atoms with van der Waals surface area (Å²) in [4.78, 5) is 69.3. The highest BCUT2D eigenvalue weighted by molar-refractivity contribution is 6.03. The summed E-state index contributed by atoms with van der Waals surface area (Å²) in [6, 6.07) is 28.5. The Morgan fingerprint density at radius 1 is 0.618 bits per heavy atom. The average Bonchev–Trinajstić information content (AvgIpc) is 4.00. The molecule has 3 aliphatic heterocycles. The van der Waals surface area contributed by atoms with E-state index in [9.17, 15) is 19.2 Å². The monoisotopic (exact) mass is 912 g/mol. The van der Waals surface area contributed by atoms with Gasteiger partial charge >= 0.3 is 0 Å². The Hall–Kier alpha value is -8.32. The lowest BCUT2D eigenvalue weighted by Crippen LogP contribution is -2.49. The zero-order valence-electron chi connectivity index (χ0n) is 37.5. The second kappa shape index (κ2) is 20.5. The summed E-state index contributed by atoms with van der Waals surface area (Å²) in [6.45, 7) is 4.35. The number of hydrogen-bond acceptors (Lipinski definition) is 12. The molecule has 0 unspecified atom stereocenters.